The van der Waals surface area contributed by atoms with E-state index in [4.69, 9.17) is 11.0 Å². The smallest absolute Gasteiger partial charge is 0.398 e. The van der Waals surface area contributed by atoms with E-state index in [1.165, 1.54) is 0 Å². The van der Waals surface area contributed by atoms with Gasteiger partial charge in [-0.25, -0.2) is 13.8 Å². The fourth-order valence-corrected chi connectivity index (χ4v) is 1.15. The largest absolute Gasteiger partial charge is 0.574 e. The van der Waals surface area contributed by atoms with Gasteiger partial charge in [-0.15, -0.1) is 13.2 Å². The van der Waals surface area contributed by atoms with E-state index >= 15 is 0 Å². The van der Waals surface area contributed by atoms with E-state index in [2.05, 4.69) is 9.72 Å². The minimum absolute atomic E-state index is 0.376. The fourth-order valence-electron chi connectivity index (χ4n) is 1.15. The standard InChI is InChI=1S/C9H6F5N3O/c10-7(11)6-3-5(16)4(1-2-15)8(17-6)18-9(12,13)14/h3,7H,1H2,(H2,16,17). The molecule has 0 aliphatic rings. The van der Waals surface area contributed by atoms with Crippen molar-refractivity contribution in [3.63, 3.8) is 0 Å². The third kappa shape index (κ3) is 3.44. The molecule has 0 aromatic carbocycles. The number of halogens is 5. The molecule has 98 valence electrons. The monoisotopic (exact) mass is 267 g/mol. The third-order valence-electron chi connectivity index (χ3n) is 1.83. The first-order valence-corrected chi connectivity index (χ1v) is 4.44. The van der Waals surface area contributed by atoms with Crippen molar-refractivity contribution in [3.8, 4) is 11.9 Å². The molecule has 9 heteroatoms. The van der Waals surface area contributed by atoms with E-state index in [-0.39, 0.29) is 5.56 Å². The minimum Gasteiger partial charge on any atom is -0.398 e. The van der Waals surface area contributed by atoms with Gasteiger partial charge in [0.05, 0.1) is 18.1 Å². The van der Waals surface area contributed by atoms with Gasteiger partial charge in [0, 0.05) is 5.69 Å². The van der Waals surface area contributed by atoms with Crippen LogP contribution in [-0.4, -0.2) is 11.3 Å². The molecule has 0 aliphatic carbocycles. The van der Waals surface area contributed by atoms with Crippen molar-refractivity contribution >= 4 is 5.69 Å². The van der Waals surface area contributed by atoms with Crippen LogP contribution in [0.2, 0.25) is 0 Å². The second-order valence-electron chi connectivity index (χ2n) is 3.10. The Balaban J connectivity index is 3.29. The lowest BCUT2D eigenvalue weighted by molar-refractivity contribution is -0.276. The lowest BCUT2D eigenvalue weighted by atomic mass is 10.1. The van der Waals surface area contributed by atoms with Gasteiger partial charge in [-0.1, -0.05) is 0 Å². The van der Waals surface area contributed by atoms with Gasteiger partial charge < -0.3 is 10.5 Å². The quantitative estimate of drug-likeness (QED) is 0.854. The maximum Gasteiger partial charge on any atom is 0.574 e. The number of pyridine rings is 1. The van der Waals surface area contributed by atoms with E-state index in [0.29, 0.717) is 6.07 Å². The Bertz CT molecular complexity index is 480. The van der Waals surface area contributed by atoms with Crippen LogP contribution in [0.25, 0.3) is 0 Å². The van der Waals surface area contributed by atoms with E-state index in [0.717, 1.165) is 0 Å². The molecule has 1 aromatic rings. The third-order valence-corrected chi connectivity index (χ3v) is 1.83. The summed E-state index contributed by atoms with van der Waals surface area (Å²) in [5, 5.41) is 8.43. The van der Waals surface area contributed by atoms with Crippen molar-refractivity contribution in [3.05, 3.63) is 17.3 Å². The van der Waals surface area contributed by atoms with Crippen LogP contribution in [0.1, 0.15) is 17.7 Å². The number of nitrogens with zero attached hydrogens (tertiary/aromatic N) is 2. The number of nitrogen functional groups attached to an aromatic ring is 1. The van der Waals surface area contributed by atoms with Gasteiger partial charge in [0.1, 0.15) is 5.69 Å². The predicted molar refractivity (Wildman–Crippen MR) is 49.6 cm³/mol. The van der Waals surface area contributed by atoms with Crippen LogP contribution in [0.15, 0.2) is 6.07 Å². The first-order chi connectivity index (χ1) is 8.24. The average molecular weight is 267 g/mol. The molecule has 1 aromatic heterocycles. The van der Waals surface area contributed by atoms with Crippen molar-refractivity contribution in [2.24, 2.45) is 0 Å². The van der Waals surface area contributed by atoms with Gasteiger partial charge >= 0.3 is 6.36 Å². The van der Waals surface area contributed by atoms with Gasteiger partial charge in [-0.05, 0) is 6.07 Å². The number of alkyl halides is 5. The number of nitriles is 1. The van der Waals surface area contributed by atoms with Crippen molar-refractivity contribution in [2.45, 2.75) is 19.2 Å². The maximum absolute atomic E-state index is 12.4. The van der Waals surface area contributed by atoms with Crippen LogP contribution in [0, 0.1) is 11.3 Å². The van der Waals surface area contributed by atoms with Crippen molar-refractivity contribution in [1.29, 1.82) is 5.26 Å². The fraction of sp³-hybridized carbons (Fsp3) is 0.333. The molecule has 4 nitrogen and oxygen atoms in total. The first kappa shape index (κ1) is 14.0. The lowest BCUT2D eigenvalue weighted by Crippen LogP contribution is -2.20. The molecular weight excluding hydrogens is 261 g/mol. The van der Waals surface area contributed by atoms with Gasteiger partial charge in [0.25, 0.3) is 6.43 Å². The first-order valence-electron chi connectivity index (χ1n) is 4.44. The normalized spacial score (nSPS) is 11.4. The molecule has 0 bridgehead atoms. The summed E-state index contributed by atoms with van der Waals surface area (Å²) in [6, 6.07) is 2.25. The van der Waals surface area contributed by atoms with Crippen molar-refractivity contribution < 1.29 is 26.7 Å². The molecule has 0 fully saturated rings. The molecule has 0 saturated carbocycles. The summed E-state index contributed by atoms with van der Waals surface area (Å²) in [6.45, 7) is 0. The Morgan fingerprint density at radius 3 is 2.50 bits per heavy atom. The zero-order chi connectivity index (χ0) is 13.9. The SMILES string of the molecule is N#CCc1c(N)cc(C(F)F)nc1OC(F)(F)F. The number of hydrogen-bond acceptors (Lipinski definition) is 4. The Morgan fingerprint density at radius 1 is 1.44 bits per heavy atom. The summed E-state index contributed by atoms with van der Waals surface area (Å²) in [7, 11) is 0. The van der Waals surface area contributed by atoms with Gasteiger partial charge in [-0.2, -0.15) is 5.26 Å². The zero-order valence-corrected chi connectivity index (χ0v) is 8.63. The highest BCUT2D eigenvalue weighted by Crippen LogP contribution is 2.31. The summed E-state index contributed by atoms with van der Waals surface area (Å²) in [4.78, 5) is 3.01. The van der Waals surface area contributed by atoms with Gasteiger partial charge in [0.15, 0.2) is 0 Å². The van der Waals surface area contributed by atoms with E-state index in [9.17, 15) is 22.0 Å². The second-order valence-corrected chi connectivity index (χ2v) is 3.10. The van der Waals surface area contributed by atoms with Crippen molar-refractivity contribution in [2.75, 3.05) is 5.73 Å². The Hall–Kier alpha value is -2.11. The summed E-state index contributed by atoms with van der Waals surface area (Å²) < 4.78 is 64.4. The number of ether oxygens (including phenoxy) is 1. The Kier molecular flexibility index (Phi) is 3.90. The van der Waals surface area contributed by atoms with Crippen LogP contribution in [0.3, 0.4) is 0 Å². The molecule has 0 aliphatic heterocycles. The number of aromatic nitrogens is 1. The number of nitrogens with two attached hydrogens (primary N) is 1. The molecule has 2 N–H and O–H groups in total. The molecule has 0 saturated heterocycles. The molecule has 1 rings (SSSR count). The summed E-state index contributed by atoms with van der Waals surface area (Å²) in [5.41, 5.74) is 3.57. The van der Waals surface area contributed by atoms with Crippen molar-refractivity contribution in [1.82, 2.24) is 4.98 Å². The van der Waals surface area contributed by atoms with Gasteiger partial charge in [0.2, 0.25) is 5.88 Å². The zero-order valence-electron chi connectivity index (χ0n) is 8.63. The molecule has 0 amide bonds. The van der Waals surface area contributed by atoms with Crippen LogP contribution in [0.5, 0.6) is 5.88 Å². The van der Waals surface area contributed by atoms with Crippen LogP contribution in [-0.2, 0) is 6.42 Å². The highest BCUT2D eigenvalue weighted by molar-refractivity contribution is 5.54. The molecule has 0 radical (unpaired) electrons. The molecular formula is C9H6F5N3O. The molecule has 0 spiro atoms. The summed E-state index contributed by atoms with van der Waals surface area (Å²) >= 11 is 0. The topological polar surface area (TPSA) is 71.9 Å². The van der Waals surface area contributed by atoms with Crippen LogP contribution in [0.4, 0.5) is 27.6 Å². The Labute approximate surface area is 97.8 Å². The molecule has 0 atom stereocenters. The van der Waals surface area contributed by atoms with E-state index in [1.54, 1.807) is 6.07 Å². The second kappa shape index (κ2) is 5.03. The number of rotatable bonds is 3. The number of hydrogen-bond donors (Lipinski definition) is 1. The van der Waals surface area contributed by atoms with E-state index < -0.39 is 36.5 Å². The minimum atomic E-state index is -5.11. The predicted octanol–water partition coefficient (Wildman–Crippen LogP) is 2.57. The van der Waals surface area contributed by atoms with Crippen LogP contribution >= 0.6 is 0 Å². The van der Waals surface area contributed by atoms with Crippen LogP contribution < -0.4 is 10.5 Å². The molecule has 1 heterocycles. The number of anilines is 1. The highest BCUT2D eigenvalue weighted by Gasteiger charge is 2.34. The summed E-state index contributed by atoms with van der Waals surface area (Å²) in [5.74, 6) is -1.13. The average Bonchev–Trinajstić information content (AvgIpc) is 2.20. The highest BCUT2D eigenvalue weighted by atomic mass is 19.4. The maximum atomic E-state index is 12.4. The summed E-state index contributed by atoms with van der Waals surface area (Å²) in [6.07, 6.45) is -8.74. The molecule has 18 heavy (non-hydrogen) atoms. The van der Waals surface area contributed by atoms with E-state index in [1.807, 2.05) is 0 Å². The Morgan fingerprint density at radius 2 is 2.06 bits per heavy atom. The molecule has 0 unspecified atom stereocenters. The van der Waals surface area contributed by atoms with Gasteiger partial charge in [-0.3, -0.25) is 0 Å². The lowest BCUT2D eigenvalue weighted by Gasteiger charge is -2.14.